The number of halogens is 1. The summed E-state index contributed by atoms with van der Waals surface area (Å²) in [6.45, 7) is 1.94. The first-order valence-corrected chi connectivity index (χ1v) is 10.6. The summed E-state index contributed by atoms with van der Waals surface area (Å²) < 4.78 is 0. The van der Waals surface area contributed by atoms with Gasteiger partial charge in [-0.05, 0) is 54.6 Å². The number of pyridine rings is 2. The molecule has 0 saturated carbocycles. The third-order valence-electron chi connectivity index (χ3n) is 4.95. The van der Waals surface area contributed by atoms with E-state index in [0.29, 0.717) is 12.3 Å². The molecule has 0 aliphatic carbocycles. The summed E-state index contributed by atoms with van der Waals surface area (Å²) in [5.41, 5.74) is 1.14. The second kappa shape index (κ2) is 8.94. The van der Waals surface area contributed by atoms with Crippen molar-refractivity contribution < 1.29 is 4.79 Å². The third kappa shape index (κ3) is 4.84. The Hall–Kier alpha value is -2.09. The van der Waals surface area contributed by atoms with Gasteiger partial charge in [0, 0.05) is 31.9 Å². The largest absolute Gasteiger partial charge is 0.366 e. The lowest BCUT2D eigenvalue weighted by molar-refractivity contribution is -0.112. The maximum atomic E-state index is 11.1. The first-order valence-electron chi connectivity index (χ1n) is 9.38. The number of carbonyl (C=O) groups excluding carboxylic acids is 1. The number of nitrogens with one attached hydrogen (secondary N) is 2. The summed E-state index contributed by atoms with van der Waals surface area (Å²) in [4.78, 5) is 23.6. The van der Waals surface area contributed by atoms with Crippen molar-refractivity contribution in [3.05, 3.63) is 54.5 Å². The van der Waals surface area contributed by atoms with Gasteiger partial charge in [0.25, 0.3) is 0 Å². The average molecular weight is 416 g/mol. The van der Waals surface area contributed by atoms with Gasteiger partial charge in [0.1, 0.15) is 17.1 Å². The molecule has 2 aromatic heterocycles. The molecule has 2 aromatic rings. The van der Waals surface area contributed by atoms with Crippen LogP contribution < -0.4 is 10.6 Å². The van der Waals surface area contributed by atoms with Gasteiger partial charge in [-0.3, -0.25) is 9.69 Å². The Morgan fingerprint density at radius 2 is 2.04 bits per heavy atom. The van der Waals surface area contributed by atoms with Crippen molar-refractivity contribution in [2.45, 2.75) is 24.8 Å². The summed E-state index contributed by atoms with van der Waals surface area (Å²) in [7, 11) is 0. The van der Waals surface area contributed by atoms with Crippen molar-refractivity contribution in [2.75, 3.05) is 18.4 Å². The van der Waals surface area contributed by atoms with E-state index < -0.39 is 0 Å². The zero-order valence-corrected chi connectivity index (χ0v) is 16.9. The van der Waals surface area contributed by atoms with E-state index in [1.54, 1.807) is 18.0 Å². The zero-order valence-electron chi connectivity index (χ0n) is 15.3. The van der Waals surface area contributed by atoms with Crippen LogP contribution in [-0.2, 0) is 4.79 Å². The van der Waals surface area contributed by atoms with E-state index in [0.717, 1.165) is 48.2 Å². The number of carbonyl (C=O) groups is 1. The van der Waals surface area contributed by atoms with Crippen molar-refractivity contribution in [2.24, 2.45) is 5.92 Å². The van der Waals surface area contributed by atoms with Gasteiger partial charge >= 0.3 is 0 Å². The lowest BCUT2D eigenvalue weighted by Gasteiger charge is -2.35. The predicted molar refractivity (Wildman–Crippen MR) is 114 cm³/mol. The number of thioether (sulfide) groups is 1. The highest BCUT2D eigenvalue weighted by molar-refractivity contribution is 8.09. The first-order chi connectivity index (χ1) is 13.7. The van der Waals surface area contributed by atoms with Crippen LogP contribution in [0.25, 0.3) is 4.91 Å². The van der Waals surface area contributed by atoms with Crippen molar-refractivity contribution in [1.29, 1.82) is 0 Å². The molecule has 1 fully saturated rings. The van der Waals surface area contributed by atoms with Gasteiger partial charge in [0.15, 0.2) is 0 Å². The minimum absolute atomic E-state index is 0.205. The molecule has 0 spiro atoms. The SMILES string of the molecule is O=C(Cl)CC1CCN(C2NC=C(c3cccc(Nc4ccccn4)n3)S2)CC1. The number of hydrogen-bond donors (Lipinski definition) is 2. The fourth-order valence-electron chi connectivity index (χ4n) is 3.48. The molecule has 1 unspecified atom stereocenters. The van der Waals surface area contributed by atoms with Crippen LogP contribution >= 0.6 is 23.4 Å². The molecule has 0 radical (unpaired) electrons. The smallest absolute Gasteiger partial charge is 0.221 e. The van der Waals surface area contributed by atoms with Gasteiger partial charge < -0.3 is 10.6 Å². The summed E-state index contributed by atoms with van der Waals surface area (Å²) in [6.07, 6.45) is 6.30. The van der Waals surface area contributed by atoms with Crippen LogP contribution in [0.4, 0.5) is 11.6 Å². The number of piperidine rings is 1. The quantitative estimate of drug-likeness (QED) is 0.691. The lowest BCUT2D eigenvalue weighted by atomic mass is 9.94. The molecule has 1 atom stereocenters. The van der Waals surface area contributed by atoms with E-state index in [9.17, 15) is 4.79 Å². The highest BCUT2D eigenvalue weighted by Gasteiger charge is 2.29. The van der Waals surface area contributed by atoms with E-state index in [2.05, 4.69) is 20.5 Å². The van der Waals surface area contributed by atoms with Gasteiger partial charge in [-0.1, -0.05) is 23.9 Å². The molecule has 0 aromatic carbocycles. The summed E-state index contributed by atoms with van der Waals surface area (Å²) >= 11 is 7.31. The minimum atomic E-state index is -0.221. The van der Waals surface area contributed by atoms with Gasteiger partial charge in [-0.15, -0.1) is 0 Å². The number of nitrogens with zero attached hydrogens (tertiary/aromatic N) is 3. The van der Waals surface area contributed by atoms with Crippen molar-refractivity contribution in [3.8, 4) is 0 Å². The van der Waals surface area contributed by atoms with Crippen LogP contribution in [0.2, 0.25) is 0 Å². The van der Waals surface area contributed by atoms with Gasteiger partial charge in [-0.2, -0.15) is 0 Å². The van der Waals surface area contributed by atoms with E-state index in [1.165, 1.54) is 0 Å². The third-order valence-corrected chi connectivity index (χ3v) is 6.34. The molecule has 8 heteroatoms. The predicted octanol–water partition coefficient (Wildman–Crippen LogP) is 4.01. The van der Waals surface area contributed by atoms with Crippen molar-refractivity contribution in [1.82, 2.24) is 20.2 Å². The Morgan fingerprint density at radius 3 is 2.79 bits per heavy atom. The van der Waals surface area contributed by atoms with Crippen molar-refractivity contribution in [3.63, 3.8) is 0 Å². The van der Waals surface area contributed by atoms with Crippen LogP contribution in [0.5, 0.6) is 0 Å². The van der Waals surface area contributed by atoms with E-state index >= 15 is 0 Å². The van der Waals surface area contributed by atoms with Crippen LogP contribution in [0.15, 0.2) is 48.8 Å². The Bertz CT molecular complexity index is 855. The Kier molecular flexibility index (Phi) is 6.14. The molecule has 146 valence electrons. The second-order valence-corrected chi connectivity index (χ2v) is 8.48. The maximum Gasteiger partial charge on any atom is 0.221 e. The van der Waals surface area contributed by atoms with Crippen LogP contribution in [-0.4, -0.2) is 38.7 Å². The number of rotatable bonds is 6. The summed E-state index contributed by atoms with van der Waals surface area (Å²) in [6, 6.07) is 11.7. The van der Waals surface area contributed by atoms with Gasteiger partial charge in [0.2, 0.25) is 5.24 Å². The first kappa shape index (κ1) is 19.2. The minimum Gasteiger partial charge on any atom is -0.366 e. The van der Waals surface area contributed by atoms with E-state index in [4.69, 9.17) is 16.6 Å². The summed E-state index contributed by atoms with van der Waals surface area (Å²) in [5.74, 6) is 1.96. The molecule has 6 nitrogen and oxygen atoms in total. The number of aromatic nitrogens is 2. The van der Waals surface area contributed by atoms with Gasteiger partial charge in [-0.25, -0.2) is 9.97 Å². The molecule has 1 saturated heterocycles. The summed E-state index contributed by atoms with van der Waals surface area (Å²) in [5, 5.41) is 6.47. The number of anilines is 2. The fraction of sp³-hybridized carbons (Fsp3) is 0.350. The maximum absolute atomic E-state index is 11.1. The molecular formula is C20H22ClN5OS. The van der Waals surface area contributed by atoms with Crippen LogP contribution in [0.3, 0.4) is 0 Å². The number of hydrogen-bond acceptors (Lipinski definition) is 7. The van der Waals surface area contributed by atoms with Crippen LogP contribution in [0.1, 0.15) is 25.0 Å². The monoisotopic (exact) mass is 415 g/mol. The molecule has 2 aliphatic rings. The highest BCUT2D eigenvalue weighted by atomic mass is 35.5. The second-order valence-electron chi connectivity index (χ2n) is 6.93. The topological polar surface area (TPSA) is 70.2 Å². The molecule has 2 aliphatic heterocycles. The van der Waals surface area contributed by atoms with Gasteiger partial charge in [0.05, 0.1) is 10.6 Å². The standard InChI is InChI=1S/C20H22ClN5OS/c21-17(27)12-14-7-10-26(11-8-14)20-23-13-16(28-20)15-4-3-6-19(24-15)25-18-5-1-2-9-22-18/h1-6,9,13-14,20,23H,7-8,10-12H2,(H,22,24,25). The average Bonchev–Trinajstić information content (AvgIpc) is 3.19. The Labute approximate surface area is 173 Å². The number of likely N-dealkylation sites (tertiary alicyclic amines) is 1. The molecular weight excluding hydrogens is 394 g/mol. The molecule has 2 N–H and O–H groups in total. The lowest BCUT2D eigenvalue weighted by Crippen LogP contribution is -2.44. The normalized spacial score (nSPS) is 20.5. The fourth-order valence-corrected chi connectivity index (χ4v) is 4.80. The molecule has 28 heavy (non-hydrogen) atoms. The van der Waals surface area contributed by atoms with E-state index in [-0.39, 0.29) is 10.7 Å². The highest BCUT2D eigenvalue weighted by Crippen LogP contribution is 2.37. The molecule has 4 heterocycles. The van der Waals surface area contributed by atoms with Crippen LogP contribution in [0, 0.1) is 5.92 Å². The molecule has 0 amide bonds. The zero-order chi connectivity index (χ0) is 19.3. The van der Waals surface area contributed by atoms with Crippen molar-refractivity contribution >= 4 is 45.1 Å². The molecule has 4 rings (SSSR count). The molecule has 0 bridgehead atoms. The Morgan fingerprint density at radius 1 is 1.21 bits per heavy atom. The van der Waals surface area contributed by atoms with E-state index in [1.807, 2.05) is 42.6 Å². The Balaban J connectivity index is 1.34.